The Morgan fingerprint density at radius 3 is 2.80 bits per heavy atom. The number of carbonyl (C=O) groups excluding carboxylic acids is 1. The number of hydrogen-bond acceptors (Lipinski definition) is 4. The lowest BCUT2D eigenvalue weighted by atomic mass is 10.2. The SMILES string of the molecule is CCCCCNC(=O)Cn1cnc2cc(-c3ccccc3)sc2c1=O. The van der Waals surface area contributed by atoms with Gasteiger partial charge in [0, 0.05) is 11.4 Å². The van der Waals surface area contributed by atoms with Crippen LogP contribution in [-0.4, -0.2) is 22.0 Å². The van der Waals surface area contributed by atoms with Crippen LogP contribution in [-0.2, 0) is 11.3 Å². The van der Waals surface area contributed by atoms with Gasteiger partial charge in [0.25, 0.3) is 5.56 Å². The predicted octanol–water partition coefficient (Wildman–Crippen LogP) is 3.43. The summed E-state index contributed by atoms with van der Waals surface area (Å²) >= 11 is 1.42. The van der Waals surface area contributed by atoms with Crippen LogP contribution in [0.15, 0.2) is 47.5 Å². The number of aromatic nitrogens is 2. The molecule has 1 aromatic carbocycles. The van der Waals surface area contributed by atoms with Gasteiger partial charge in [0.2, 0.25) is 5.91 Å². The van der Waals surface area contributed by atoms with Gasteiger partial charge in [-0.25, -0.2) is 4.98 Å². The Bertz CT molecular complexity index is 915. The maximum absolute atomic E-state index is 12.6. The molecule has 0 aliphatic rings. The highest BCUT2D eigenvalue weighted by Crippen LogP contribution is 2.30. The molecule has 5 nitrogen and oxygen atoms in total. The molecule has 0 radical (unpaired) electrons. The van der Waals surface area contributed by atoms with Gasteiger partial charge in [-0.05, 0) is 18.1 Å². The van der Waals surface area contributed by atoms with E-state index in [1.807, 2.05) is 36.4 Å². The first kappa shape index (κ1) is 17.4. The molecule has 0 saturated heterocycles. The Morgan fingerprint density at radius 1 is 1.24 bits per heavy atom. The first-order valence-electron chi connectivity index (χ1n) is 8.50. The third-order valence-corrected chi connectivity index (χ3v) is 5.14. The molecule has 25 heavy (non-hydrogen) atoms. The maximum atomic E-state index is 12.6. The van der Waals surface area contributed by atoms with Crippen molar-refractivity contribution in [3.63, 3.8) is 0 Å². The minimum Gasteiger partial charge on any atom is -0.355 e. The summed E-state index contributed by atoms with van der Waals surface area (Å²) in [5.41, 5.74) is 1.57. The monoisotopic (exact) mass is 355 g/mol. The average Bonchev–Trinajstić information content (AvgIpc) is 3.07. The van der Waals surface area contributed by atoms with Crippen LogP contribution in [0.3, 0.4) is 0 Å². The molecule has 1 N–H and O–H groups in total. The Labute approximate surface area is 150 Å². The van der Waals surface area contributed by atoms with Crippen LogP contribution in [0.2, 0.25) is 0 Å². The van der Waals surface area contributed by atoms with Crippen molar-refractivity contribution in [1.82, 2.24) is 14.9 Å². The summed E-state index contributed by atoms with van der Waals surface area (Å²) in [6, 6.07) is 11.8. The quantitative estimate of drug-likeness (QED) is 0.661. The molecule has 0 saturated carbocycles. The van der Waals surface area contributed by atoms with Gasteiger partial charge in [-0.3, -0.25) is 14.2 Å². The normalized spacial score (nSPS) is 10.9. The zero-order valence-corrected chi connectivity index (χ0v) is 15.0. The van der Waals surface area contributed by atoms with Gasteiger partial charge in [-0.15, -0.1) is 11.3 Å². The highest BCUT2D eigenvalue weighted by molar-refractivity contribution is 7.22. The van der Waals surface area contributed by atoms with Crippen LogP contribution in [0.25, 0.3) is 20.7 Å². The van der Waals surface area contributed by atoms with E-state index >= 15 is 0 Å². The zero-order chi connectivity index (χ0) is 17.6. The molecule has 0 unspecified atom stereocenters. The highest BCUT2D eigenvalue weighted by atomic mass is 32.1. The summed E-state index contributed by atoms with van der Waals surface area (Å²) in [7, 11) is 0. The van der Waals surface area contributed by atoms with Crippen LogP contribution in [0.4, 0.5) is 0 Å². The van der Waals surface area contributed by atoms with Crippen molar-refractivity contribution in [1.29, 1.82) is 0 Å². The summed E-state index contributed by atoms with van der Waals surface area (Å²) in [5.74, 6) is -0.154. The molecule has 0 aliphatic heterocycles. The molecule has 3 rings (SSSR count). The van der Waals surface area contributed by atoms with Gasteiger partial charge in [0.15, 0.2) is 0 Å². The molecule has 0 spiro atoms. The maximum Gasteiger partial charge on any atom is 0.271 e. The van der Waals surface area contributed by atoms with Crippen molar-refractivity contribution in [3.8, 4) is 10.4 Å². The third-order valence-electron chi connectivity index (χ3n) is 3.98. The van der Waals surface area contributed by atoms with E-state index in [0.29, 0.717) is 16.8 Å². The number of carbonyl (C=O) groups is 1. The summed E-state index contributed by atoms with van der Waals surface area (Å²) in [4.78, 5) is 30.0. The summed E-state index contributed by atoms with van der Waals surface area (Å²) in [6.07, 6.45) is 4.61. The van der Waals surface area contributed by atoms with Crippen molar-refractivity contribution in [2.45, 2.75) is 32.7 Å². The first-order chi connectivity index (χ1) is 12.2. The van der Waals surface area contributed by atoms with E-state index in [2.05, 4.69) is 17.2 Å². The van der Waals surface area contributed by atoms with Crippen molar-refractivity contribution < 1.29 is 4.79 Å². The fraction of sp³-hybridized carbons (Fsp3) is 0.316. The van der Waals surface area contributed by atoms with Crippen molar-refractivity contribution in [2.75, 3.05) is 6.54 Å². The van der Waals surface area contributed by atoms with E-state index in [1.165, 1.54) is 22.2 Å². The first-order valence-corrected chi connectivity index (χ1v) is 9.32. The number of unbranched alkanes of at least 4 members (excludes halogenated alkanes) is 2. The van der Waals surface area contributed by atoms with Crippen LogP contribution < -0.4 is 10.9 Å². The second kappa shape index (κ2) is 8.07. The van der Waals surface area contributed by atoms with Gasteiger partial charge >= 0.3 is 0 Å². The number of nitrogens with zero attached hydrogens (tertiary/aromatic N) is 2. The molecule has 0 fully saturated rings. The van der Waals surface area contributed by atoms with Crippen LogP contribution in [0, 0.1) is 0 Å². The summed E-state index contributed by atoms with van der Waals surface area (Å²) < 4.78 is 1.96. The number of nitrogens with one attached hydrogen (secondary N) is 1. The molecule has 0 aliphatic carbocycles. The lowest BCUT2D eigenvalue weighted by Crippen LogP contribution is -2.32. The van der Waals surface area contributed by atoms with E-state index in [1.54, 1.807) is 0 Å². The molecule has 3 aromatic rings. The van der Waals surface area contributed by atoms with Crippen LogP contribution >= 0.6 is 11.3 Å². The molecule has 2 heterocycles. The van der Waals surface area contributed by atoms with E-state index in [9.17, 15) is 9.59 Å². The molecular weight excluding hydrogens is 334 g/mol. The number of hydrogen-bond donors (Lipinski definition) is 1. The topological polar surface area (TPSA) is 64.0 Å². The summed E-state index contributed by atoms with van der Waals surface area (Å²) in [6.45, 7) is 2.77. The van der Waals surface area contributed by atoms with Crippen molar-refractivity contribution >= 4 is 27.5 Å². The molecular formula is C19H21N3O2S. The minimum absolute atomic E-state index is 0.00642. The van der Waals surface area contributed by atoms with E-state index in [-0.39, 0.29) is 18.0 Å². The lowest BCUT2D eigenvalue weighted by molar-refractivity contribution is -0.121. The standard InChI is InChI=1S/C19H21N3O2S/c1-2-3-7-10-20-17(23)12-22-13-21-15-11-16(25-18(15)19(22)24)14-8-5-4-6-9-14/h4-6,8-9,11,13H,2-3,7,10,12H2,1H3,(H,20,23). The largest absolute Gasteiger partial charge is 0.355 e. The second-order valence-corrected chi connectivity index (χ2v) is 6.98. The van der Waals surface area contributed by atoms with Crippen LogP contribution in [0.5, 0.6) is 0 Å². The van der Waals surface area contributed by atoms with Gasteiger partial charge in [-0.2, -0.15) is 0 Å². The Hall–Kier alpha value is -2.47. The molecule has 6 heteroatoms. The van der Waals surface area contributed by atoms with E-state index < -0.39 is 0 Å². The molecule has 1 amide bonds. The average molecular weight is 355 g/mol. The predicted molar refractivity (Wildman–Crippen MR) is 102 cm³/mol. The number of thiophene rings is 1. The number of amides is 1. The second-order valence-electron chi connectivity index (χ2n) is 5.93. The summed E-state index contributed by atoms with van der Waals surface area (Å²) in [5, 5.41) is 2.85. The number of rotatable bonds is 7. The van der Waals surface area contributed by atoms with E-state index in [0.717, 1.165) is 29.7 Å². The minimum atomic E-state index is -0.166. The molecule has 0 bridgehead atoms. The van der Waals surface area contributed by atoms with Gasteiger partial charge < -0.3 is 5.32 Å². The highest BCUT2D eigenvalue weighted by Gasteiger charge is 2.12. The smallest absolute Gasteiger partial charge is 0.271 e. The number of fused-ring (bicyclic) bond motifs is 1. The molecule has 2 aromatic heterocycles. The number of benzene rings is 1. The fourth-order valence-electron chi connectivity index (χ4n) is 2.62. The van der Waals surface area contributed by atoms with Crippen molar-refractivity contribution in [2.24, 2.45) is 0 Å². The van der Waals surface area contributed by atoms with Crippen LogP contribution in [0.1, 0.15) is 26.2 Å². The van der Waals surface area contributed by atoms with Crippen molar-refractivity contribution in [3.05, 3.63) is 53.1 Å². The third kappa shape index (κ3) is 4.14. The molecule has 0 atom stereocenters. The van der Waals surface area contributed by atoms with Gasteiger partial charge in [0.1, 0.15) is 11.2 Å². The van der Waals surface area contributed by atoms with Gasteiger partial charge in [0.05, 0.1) is 11.8 Å². The Kier molecular flexibility index (Phi) is 5.60. The fourth-order valence-corrected chi connectivity index (χ4v) is 3.68. The lowest BCUT2D eigenvalue weighted by Gasteiger charge is -2.06. The Balaban J connectivity index is 1.78. The van der Waals surface area contributed by atoms with Gasteiger partial charge in [-0.1, -0.05) is 50.1 Å². The Morgan fingerprint density at radius 2 is 2.04 bits per heavy atom. The molecule has 130 valence electrons. The van der Waals surface area contributed by atoms with E-state index in [4.69, 9.17) is 0 Å². The zero-order valence-electron chi connectivity index (χ0n) is 14.2.